The fourth-order valence-electron chi connectivity index (χ4n) is 3.17. The van der Waals surface area contributed by atoms with Crippen molar-refractivity contribution in [2.75, 3.05) is 0 Å². The Hall–Kier alpha value is -1.57. The summed E-state index contributed by atoms with van der Waals surface area (Å²) >= 11 is 0. The van der Waals surface area contributed by atoms with Gasteiger partial charge in [-0.1, -0.05) is 58.2 Å². The van der Waals surface area contributed by atoms with Gasteiger partial charge < -0.3 is 4.74 Å². The van der Waals surface area contributed by atoms with Gasteiger partial charge in [-0.2, -0.15) is 0 Å². The first-order chi connectivity index (χ1) is 10.7. The molecule has 0 saturated carbocycles. The summed E-state index contributed by atoms with van der Waals surface area (Å²) in [6, 6.07) is 4.37. The van der Waals surface area contributed by atoms with E-state index in [1.54, 1.807) is 0 Å². The van der Waals surface area contributed by atoms with E-state index in [4.69, 9.17) is 4.74 Å². The second-order valence-corrected chi connectivity index (χ2v) is 7.74. The summed E-state index contributed by atoms with van der Waals surface area (Å²) in [5, 5.41) is 0. The van der Waals surface area contributed by atoms with Crippen molar-refractivity contribution in [1.29, 1.82) is 0 Å². The van der Waals surface area contributed by atoms with Crippen LogP contribution in [-0.4, -0.2) is 5.78 Å². The minimum atomic E-state index is 0.0268. The Balaban J connectivity index is 2.32. The number of fused-ring (bicyclic) bond motifs is 1. The lowest BCUT2D eigenvalue weighted by Gasteiger charge is -2.29. The molecular formula is C21H30O2. The van der Waals surface area contributed by atoms with Crippen LogP contribution < -0.4 is 4.74 Å². The monoisotopic (exact) mass is 314 g/mol. The topological polar surface area (TPSA) is 26.3 Å². The Morgan fingerprint density at radius 3 is 2.48 bits per heavy atom. The molecule has 126 valence electrons. The van der Waals surface area contributed by atoms with Crippen LogP contribution in [0.15, 0.2) is 23.5 Å². The zero-order valence-corrected chi connectivity index (χ0v) is 15.5. The smallest absolute Gasteiger partial charge is 0.162 e. The second kappa shape index (κ2) is 6.90. The first kappa shape index (κ1) is 17.8. The van der Waals surface area contributed by atoms with Crippen molar-refractivity contribution < 1.29 is 9.53 Å². The Morgan fingerprint density at radius 2 is 1.87 bits per heavy atom. The number of Topliss-reactive ketones (excluding diaryl/α,β-unsaturated/α-hetero) is 1. The zero-order valence-electron chi connectivity index (χ0n) is 15.5. The highest BCUT2D eigenvalue weighted by Gasteiger charge is 2.28. The van der Waals surface area contributed by atoms with Crippen LogP contribution in [0.2, 0.25) is 0 Å². The zero-order chi connectivity index (χ0) is 17.2. The van der Waals surface area contributed by atoms with Crippen molar-refractivity contribution >= 4 is 5.78 Å². The number of ether oxygens (including phenoxy) is 1. The SMILES string of the molecule is CCCCCC(=O)C1=C(C)Oc2c(cc(C)cc2C(C)(C)C)C1. The van der Waals surface area contributed by atoms with Gasteiger partial charge in [0.05, 0.1) is 0 Å². The van der Waals surface area contributed by atoms with Gasteiger partial charge in [-0.05, 0) is 31.2 Å². The van der Waals surface area contributed by atoms with E-state index in [0.29, 0.717) is 12.8 Å². The molecule has 0 aromatic heterocycles. The van der Waals surface area contributed by atoms with Gasteiger partial charge in [0.2, 0.25) is 0 Å². The number of aryl methyl sites for hydroxylation is 1. The standard InChI is InChI=1S/C21H30O2/c1-7-8-9-10-19(22)17-13-16-11-14(2)12-18(21(4,5)6)20(16)23-15(17)3/h11-12H,7-10,13H2,1-6H3. The number of allylic oxidation sites excluding steroid dienone is 2. The summed E-state index contributed by atoms with van der Waals surface area (Å²) in [5.74, 6) is 2.00. The highest BCUT2D eigenvalue weighted by molar-refractivity contribution is 5.96. The van der Waals surface area contributed by atoms with Crippen molar-refractivity contribution in [3.05, 3.63) is 40.2 Å². The normalized spacial score (nSPS) is 14.5. The molecule has 0 aliphatic carbocycles. The molecule has 1 aromatic rings. The van der Waals surface area contributed by atoms with Gasteiger partial charge in [0, 0.05) is 24.0 Å². The number of rotatable bonds is 5. The van der Waals surface area contributed by atoms with Crippen molar-refractivity contribution in [3.63, 3.8) is 0 Å². The average molecular weight is 314 g/mol. The van der Waals surface area contributed by atoms with Gasteiger partial charge in [-0.15, -0.1) is 0 Å². The molecule has 23 heavy (non-hydrogen) atoms. The largest absolute Gasteiger partial charge is 0.461 e. The maximum absolute atomic E-state index is 12.5. The van der Waals surface area contributed by atoms with E-state index in [-0.39, 0.29) is 11.2 Å². The summed E-state index contributed by atoms with van der Waals surface area (Å²) < 4.78 is 6.14. The maximum atomic E-state index is 12.5. The average Bonchev–Trinajstić information content (AvgIpc) is 2.45. The predicted octanol–water partition coefficient (Wildman–Crippen LogP) is 5.65. The minimum Gasteiger partial charge on any atom is -0.461 e. The van der Waals surface area contributed by atoms with Crippen LogP contribution in [-0.2, 0) is 16.6 Å². The third kappa shape index (κ3) is 4.04. The van der Waals surface area contributed by atoms with Crippen LogP contribution in [0.4, 0.5) is 0 Å². The molecule has 1 heterocycles. The first-order valence-corrected chi connectivity index (χ1v) is 8.78. The van der Waals surface area contributed by atoms with Crippen molar-refractivity contribution in [3.8, 4) is 5.75 Å². The molecule has 1 aliphatic heterocycles. The number of carbonyl (C=O) groups is 1. The van der Waals surface area contributed by atoms with Crippen LogP contribution in [0.25, 0.3) is 0 Å². The fourth-order valence-corrected chi connectivity index (χ4v) is 3.17. The van der Waals surface area contributed by atoms with Crippen molar-refractivity contribution in [1.82, 2.24) is 0 Å². The summed E-state index contributed by atoms with van der Waals surface area (Å²) in [7, 11) is 0. The number of carbonyl (C=O) groups excluding carboxylic acids is 1. The minimum absolute atomic E-state index is 0.0268. The molecule has 0 unspecified atom stereocenters. The lowest BCUT2D eigenvalue weighted by atomic mass is 9.82. The van der Waals surface area contributed by atoms with Crippen LogP contribution in [0.1, 0.15) is 77.0 Å². The van der Waals surface area contributed by atoms with Gasteiger partial charge in [0.1, 0.15) is 11.5 Å². The molecule has 0 fully saturated rings. The molecule has 0 amide bonds. The summed E-state index contributed by atoms with van der Waals surface area (Å²) in [4.78, 5) is 12.5. The molecule has 0 N–H and O–H groups in total. The highest BCUT2D eigenvalue weighted by atomic mass is 16.5. The van der Waals surface area contributed by atoms with Gasteiger partial charge in [-0.3, -0.25) is 4.79 Å². The number of benzene rings is 1. The second-order valence-electron chi connectivity index (χ2n) is 7.74. The first-order valence-electron chi connectivity index (χ1n) is 8.78. The molecule has 2 nitrogen and oxygen atoms in total. The molecule has 2 rings (SSSR count). The number of hydrogen-bond acceptors (Lipinski definition) is 2. The predicted molar refractivity (Wildman–Crippen MR) is 96.1 cm³/mol. The van der Waals surface area contributed by atoms with Gasteiger partial charge in [-0.25, -0.2) is 0 Å². The number of unbranched alkanes of at least 4 members (excludes halogenated alkanes) is 2. The Kier molecular flexibility index (Phi) is 5.33. The van der Waals surface area contributed by atoms with Crippen molar-refractivity contribution in [2.45, 2.75) is 79.1 Å². The molecule has 2 heteroatoms. The molecule has 0 saturated heterocycles. The maximum Gasteiger partial charge on any atom is 0.162 e. The van der Waals surface area contributed by atoms with E-state index in [2.05, 4.69) is 46.8 Å². The quantitative estimate of drug-likeness (QED) is 0.656. The summed E-state index contributed by atoms with van der Waals surface area (Å²) in [5.41, 5.74) is 4.50. The summed E-state index contributed by atoms with van der Waals surface area (Å²) in [6.45, 7) is 12.8. The molecule has 0 bridgehead atoms. The lowest BCUT2D eigenvalue weighted by molar-refractivity contribution is -0.116. The van der Waals surface area contributed by atoms with Crippen LogP contribution in [0.5, 0.6) is 5.75 Å². The molecule has 0 atom stereocenters. The fraction of sp³-hybridized carbons (Fsp3) is 0.571. The van der Waals surface area contributed by atoms with E-state index < -0.39 is 0 Å². The van der Waals surface area contributed by atoms with E-state index >= 15 is 0 Å². The summed E-state index contributed by atoms with van der Waals surface area (Å²) in [6.07, 6.45) is 4.57. The third-order valence-corrected chi connectivity index (χ3v) is 4.51. The van der Waals surface area contributed by atoms with Gasteiger partial charge >= 0.3 is 0 Å². The lowest BCUT2D eigenvalue weighted by Crippen LogP contribution is -2.20. The van der Waals surface area contributed by atoms with Crippen LogP contribution in [0, 0.1) is 6.92 Å². The van der Waals surface area contributed by atoms with Crippen LogP contribution in [0.3, 0.4) is 0 Å². The molecule has 0 spiro atoms. The number of hydrogen-bond donors (Lipinski definition) is 0. The Labute approximate surface area is 140 Å². The van der Waals surface area contributed by atoms with E-state index in [1.165, 1.54) is 11.1 Å². The number of ketones is 1. The van der Waals surface area contributed by atoms with Gasteiger partial charge in [0.15, 0.2) is 5.78 Å². The van der Waals surface area contributed by atoms with E-state index in [1.807, 2.05) is 6.92 Å². The van der Waals surface area contributed by atoms with Crippen LogP contribution >= 0.6 is 0 Å². The highest BCUT2D eigenvalue weighted by Crippen LogP contribution is 2.40. The Bertz CT molecular complexity index is 630. The van der Waals surface area contributed by atoms with Crippen molar-refractivity contribution in [2.24, 2.45) is 0 Å². The third-order valence-electron chi connectivity index (χ3n) is 4.51. The Morgan fingerprint density at radius 1 is 1.17 bits per heavy atom. The molecule has 0 radical (unpaired) electrons. The van der Waals surface area contributed by atoms with E-state index in [9.17, 15) is 4.79 Å². The molecule has 1 aromatic carbocycles. The van der Waals surface area contributed by atoms with E-state index in [0.717, 1.165) is 41.9 Å². The molecule has 1 aliphatic rings. The van der Waals surface area contributed by atoms with Gasteiger partial charge in [0.25, 0.3) is 0 Å². The molecular weight excluding hydrogens is 284 g/mol.